The topological polar surface area (TPSA) is 63.1 Å². The van der Waals surface area contributed by atoms with E-state index in [0.29, 0.717) is 24.9 Å². The molecule has 0 N–H and O–H groups in total. The lowest BCUT2D eigenvalue weighted by atomic mass is 10.3. The molecule has 16 heavy (non-hydrogen) atoms. The zero-order chi connectivity index (χ0) is 11.5. The van der Waals surface area contributed by atoms with Crippen LogP contribution in [-0.2, 0) is 6.54 Å². The summed E-state index contributed by atoms with van der Waals surface area (Å²) in [4.78, 5) is 12.0. The van der Waals surface area contributed by atoms with Crippen molar-refractivity contribution in [1.29, 1.82) is 5.26 Å². The molecular weight excluding hydrogens is 204 g/mol. The van der Waals surface area contributed by atoms with E-state index in [9.17, 15) is 4.79 Å². The smallest absolute Gasteiger partial charge is 0.276 e. The Hall–Kier alpha value is -2.09. The summed E-state index contributed by atoms with van der Waals surface area (Å²) in [5, 5.41) is 12.6. The molecule has 0 aliphatic rings. The van der Waals surface area contributed by atoms with Crippen LogP contribution >= 0.6 is 0 Å². The Bertz CT molecular complexity index is 602. The number of nitriles is 1. The fourth-order valence-electron chi connectivity index (χ4n) is 1.65. The molecule has 0 atom stereocenters. The molecule has 0 aliphatic carbocycles. The molecule has 0 amide bonds. The van der Waals surface area contributed by atoms with Crippen LogP contribution in [-0.4, -0.2) is 14.2 Å². The zero-order valence-electron chi connectivity index (χ0n) is 9.05. The van der Waals surface area contributed by atoms with E-state index in [2.05, 4.69) is 11.2 Å². The van der Waals surface area contributed by atoms with Crippen molar-refractivity contribution in [2.75, 3.05) is 0 Å². The summed E-state index contributed by atoms with van der Waals surface area (Å²) in [6.45, 7) is 2.43. The van der Waals surface area contributed by atoms with E-state index in [4.69, 9.17) is 5.26 Å². The van der Waals surface area contributed by atoms with Crippen LogP contribution < -0.4 is 5.56 Å². The highest BCUT2D eigenvalue weighted by Crippen LogP contribution is 2.00. The molecule has 2 aromatic rings. The van der Waals surface area contributed by atoms with E-state index < -0.39 is 0 Å². The normalized spacial score (nSPS) is 10.5. The number of hydrogen-bond donors (Lipinski definition) is 0. The Labute approximate surface area is 92.5 Å². The maximum Gasteiger partial charge on any atom is 0.276 e. The maximum absolute atomic E-state index is 12.0. The highest BCUT2D eigenvalue weighted by molar-refractivity contribution is 5.44. The summed E-state index contributed by atoms with van der Waals surface area (Å²) in [5.41, 5.74) is 1.35. The van der Waals surface area contributed by atoms with Crippen molar-refractivity contribution in [2.45, 2.75) is 26.3 Å². The fraction of sp³-hybridized carbons (Fsp3) is 0.364. The standard InChI is InChI=1S/C11H12N4O/c1-9-8-10-11(16)14(5-3-2-4-12)6-7-15(10)13-9/h6-8H,2-3,5H2,1H3. The molecule has 82 valence electrons. The van der Waals surface area contributed by atoms with Crippen molar-refractivity contribution in [3.8, 4) is 6.07 Å². The molecule has 0 saturated carbocycles. The number of rotatable bonds is 3. The van der Waals surface area contributed by atoms with E-state index in [1.807, 2.05) is 6.92 Å². The summed E-state index contributed by atoms with van der Waals surface area (Å²) in [6.07, 6.45) is 4.63. The molecule has 0 aliphatic heterocycles. The van der Waals surface area contributed by atoms with E-state index in [1.54, 1.807) is 27.5 Å². The van der Waals surface area contributed by atoms with Gasteiger partial charge in [0.1, 0.15) is 5.52 Å². The van der Waals surface area contributed by atoms with Crippen molar-refractivity contribution in [2.24, 2.45) is 0 Å². The van der Waals surface area contributed by atoms with Gasteiger partial charge in [-0.25, -0.2) is 4.52 Å². The molecule has 5 nitrogen and oxygen atoms in total. The van der Waals surface area contributed by atoms with Gasteiger partial charge in [-0.1, -0.05) is 0 Å². The molecule has 2 heterocycles. The van der Waals surface area contributed by atoms with Gasteiger partial charge in [-0.2, -0.15) is 10.4 Å². The number of aryl methyl sites for hydroxylation is 2. The Morgan fingerprint density at radius 1 is 1.50 bits per heavy atom. The van der Waals surface area contributed by atoms with E-state index in [1.165, 1.54) is 0 Å². The van der Waals surface area contributed by atoms with Crippen molar-refractivity contribution >= 4 is 5.52 Å². The lowest BCUT2D eigenvalue weighted by Crippen LogP contribution is -2.21. The van der Waals surface area contributed by atoms with Crippen LogP contribution in [0.2, 0.25) is 0 Å². The minimum atomic E-state index is -0.0546. The van der Waals surface area contributed by atoms with Crippen LogP contribution in [0.4, 0.5) is 0 Å². The van der Waals surface area contributed by atoms with Gasteiger partial charge in [-0.15, -0.1) is 0 Å². The largest absolute Gasteiger partial charge is 0.312 e. The summed E-state index contributed by atoms with van der Waals surface area (Å²) >= 11 is 0. The summed E-state index contributed by atoms with van der Waals surface area (Å²) in [5.74, 6) is 0. The number of nitrogens with zero attached hydrogens (tertiary/aromatic N) is 4. The molecule has 0 radical (unpaired) electrons. The predicted molar refractivity (Wildman–Crippen MR) is 59.0 cm³/mol. The van der Waals surface area contributed by atoms with Gasteiger partial charge in [-0.05, 0) is 19.4 Å². The Kier molecular flexibility index (Phi) is 2.73. The second-order valence-electron chi connectivity index (χ2n) is 3.67. The van der Waals surface area contributed by atoms with E-state index >= 15 is 0 Å². The number of hydrogen-bond acceptors (Lipinski definition) is 3. The first-order valence-corrected chi connectivity index (χ1v) is 5.15. The average Bonchev–Trinajstić information content (AvgIpc) is 2.64. The molecular formula is C11H12N4O. The molecule has 0 aromatic carbocycles. The lowest BCUT2D eigenvalue weighted by molar-refractivity contribution is 0.627. The molecule has 2 rings (SSSR count). The van der Waals surface area contributed by atoms with Crippen LogP contribution in [0.15, 0.2) is 23.3 Å². The van der Waals surface area contributed by atoms with Crippen LogP contribution in [0, 0.1) is 18.3 Å². The van der Waals surface area contributed by atoms with Gasteiger partial charge in [0.2, 0.25) is 0 Å². The summed E-state index contributed by atoms with van der Waals surface area (Å²) in [6, 6.07) is 3.83. The third kappa shape index (κ3) is 1.82. The first-order chi connectivity index (χ1) is 7.72. The van der Waals surface area contributed by atoms with Crippen molar-refractivity contribution < 1.29 is 0 Å². The Balaban J connectivity index is 2.37. The van der Waals surface area contributed by atoms with Gasteiger partial charge >= 0.3 is 0 Å². The van der Waals surface area contributed by atoms with Gasteiger partial charge < -0.3 is 4.57 Å². The number of fused-ring (bicyclic) bond motifs is 1. The van der Waals surface area contributed by atoms with Gasteiger partial charge in [0.15, 0.2) is 0 Å². The fourth-order valence-corrected chi connectivity index (χ4v) is 1.65. The molecule has 2 aromatic heterocycles. The van der Waals surface area contributed by atoms with Gasteiger partial charge in [0.25, 0.3) is 5.56 Å². The average molecular weight is 216 g/mol. The summed E-state index contributed by atoms with van der Waals surface area (Å²) < 4.78 is 3.20. The molecule has 0 fully saturated rings. The van der Waals surface area contributed by atoms with Crippen LogP contribution in [0.1, 0.15) is 18.5 Å². The third-order valence-electron chi connectivity index (χ3n) is 2.41. The van der Waals surface area contributed by atoms with Crippen molar-refractivity contribution in [3.05, 3.63) is 34.5 Å². The van der Waals surface area contributed by atoms with Gasteiger partial charge in [0, 0.05) is 25.4 Å². The minimum Gasteiger partial charge on any atom is -0.312 e. The van der Waals surface area contributed by atoms with E-state index in [-0.39, 0.29) is 5.56 Å². The van der Waals surface area contributed by atoms with Crippen LogP contribution in [0.5, 0.6) is 0 Å². The Morgan fingerprint density at radius 2 is 2.31 bits per heavy atom. The molecule has 0 spiro atoms. The highest BCUT2D eigenvalue weighted by Gasteiger charge is 2.04. The first kappa shape index (κ1) is 10.4. The quantitative estimate of drug-likeness (QED) is 0.722. The SMILES string of the molecule is Cc1cc2c(=O)n(CCCC#N)ccn2n1. The number of aromatic nitrogens is 3. The lowest BCUT2D eigenvalue weighted by Gasteiger charge is -2.03. The molecule has 0 bridgehead atoms. The molecule has 5 heteroatoms. The zero-order valence-corrected chi connectivity index (χ0v) is 9.05. The monoisotopic (exact) mass is 216 g/mol. The molecule has 0 saturated heterocycles. The first-order valence-electron chi connectivity index (χ1n) is 5.15. The maximum atomic E-state index is 12.0. The van der Waals surface area contributed by atoms with Crippen molar-refractivity contribution in [1.82, 2.24) is 14.2 Å². The molecule has 0 unspecified atom stereocenters. The highest BCUT2D eigenvalue weighted by atomic mass is 16.1. The second kappa shape index (κ2) is 4.19. The number of unbranched alkanes of at least 4 members (excludes halogenated alkanes) is 1. The van der Waals surface area contributed by atoms with Crippen LogP contribution in [0.25, 0.3) is 5.52 Å². The van der Waals surface area contributed by atoms with Crippen LogP contribution in [0.3, 0.4) is 0 Å². The second-order valence-corrected chi connectivity index (χ2v) is 3.67. The van der Waals surface area contributed by atoms with Gasteiger partial charge in [-0.3, -0.25) is 4.79 Å². The summed E-state index contributed by atoms with van der Waals surface area (Å²) in [7, 11) is 0. The third-order valence-corrected chi connectivity index (χ3v) is 2.41. The predicted octanol–water partition coefficient (Wildman–Crippen LogP) is 1.11. The Morgan fingerprint density at radius 3 is 3.06 bits per heavy atom. The van der Waals surface area contributed by atoms with E-state index in [0.717, 1.165) is 5.69 Å². The van der Waals surface area contributed by atoms with Gasteiger partial charge in [0.05, 0.1) is 11.8 Å². The van der Waals surface area contributed by atoms with Crippen molar-refractivity contribution in [3.63, 3.8) is 0 Å². The minimum absolute atomic E-state index is 0.0546.